The molecule has 3 heteroatoms. The Balaban J connectivity index is 0.00000180. The fourth-order valence-electron chi connectivity index (χ4n) is 4.96. The molecule has 1 aliphatic carbocycles. The summed E-state index contributed by atoms with van der Waals surface area (Å²) in [5, 5.41) is 3.51. The summed E-state index contributed by atoms with van der Waals surface area (Å²) in [6, 6.07) is 24.6. The molecule has 5 rings (SSSR count). The third-order valence-electron chi connectivity index (χ3n) is 6.39. The van der Waals surface area contributed by atoms with Gasteiger partial charge in [-0.1, -0.05) is 56.3 Å². The van der Waals surface area contributed by atoms with Crippen molar-refractivity contribution in [2.75, 3.05) is 16.9 Å². The quantitative estimate of drug-likeness (QED) is 0.427. The molecule has 0 bridgehead atoms. The molecule has 0 unspecified atom stereocenters. The zero-order valence-electron chi connectivity index (χ0n) is 15.8. The Hall–Kier alpha value is -2.09. The first-order valence-corrected chi connectivity index (χ1v) is 9.63. The minimum Gasteiger partial charge on any atom is -0.366 e. The van der Waals surface area contributed by atoms with E-state index in [2.05, 4.69) is 90.8 Å². The van der Waals surface area contributed by atoms with E-state index < -0.39 is 0 Å². The van der Waals surface area contributed by atoms with Gasteiger partial charge in [0.1, 0.15) is 0 Å². The molecule has 27 heavy (non-hydrogen) atoms. The first-order chi connectivity index (χ1) is 12.8. The molecule has 3 aromatic rings. The molecular formula is C24H24IrN2. The van der Waals surface area contributed by atoms with Crippen LogP contribution in [0.15, 0.2) is 66.7 Å². The Bertz CT molecular complexity index is 991. The predicted octanol–water partition coefficient (Wildman–Crippen LogP) is 6.29. The minimum absolute atomic E-state index is 0. The van der Waals surface area contributed by atoms with Gasteiger partial charge < -0.3 is 10.2 Å². The average molecular weight is 533 g/mol. The SMILES string of the molecule is CCC1(CC)c2ccccc2-c2ccc(N3CNc4ccccc43)cc21.[Ir]. The summed E-state index contributed by atoms with van der Waals surface area (Å²) >= 11 is 0. The molecule has 3 aromatic carbocycles. The third kappa shape index (κ3) is 2.49. The van der Waals surface area contributed by atoms with Gasteiger partial charge in [-0.2, -0.15) is 0 Å². The second-order valence-corrected chi connectivity index (χ2v) is 7.34. The van der Waals surface area contributed by atoms with E-state index in [1.54, 1.807) is 0 Å². The number of para-hydroxylation sites is 2. The van der Waals surface area contributed by atoms with Crippen LogP contribution in [-0.2, 0) is 25.5 Å². The third-order valence-corrected chi connectivity index (χ3v) is 6.39. The Morgan fingerprint density at radius 2 is 1.56 bits per heavy atom. The van der Waals surface area contributed by atoms with Crippen LogP contribution in [0.4, 0.5) is 17.1 Å². The molecule has 139 valence electrons. The van der Waals surface area contributed by atoms with Gasteiger partial charge in [-0.05, 0) is 59.4 Å². The van der Waals surface area contributed by atoms with Gasteiger partial charge in [0.25, 0.3) is 0 Å². The van der Waals surface area contributed by atoms with Crippen molar-refractivity contribution in [3.63, 3.8) is 0 Å². The number of hydrogen-bond donors (Lipinski definition) is 1. The number of benzene rings is 3. The van der Waals surface area contributed by atoms with E-state index in [1.807, 2.05) is 0 Å². The number of nitrogens with zero attached hydrogens (tertiary/aromatic N) is 1. The summed E-state index contributed by atoms with van der Waals surface area (Å²) in [5.74, 6) is 0. The standard InChI is InChI=1S/C24H24N2.Ir/c1-3-24(4-2)20-10-6-5-9-18(20)19-14-13-17(15-21(19)24)26-16-25-22-11-7-8-12-23(22)26;/h5-15,25H,3-4,16H2,1-2H3;. The number of nitrogens with one attached hydrogen (secondary N) is 1. The molecule has 2 aliphatic rings. The first-order valence-electron chi connectivity index (χ1n) is 9.63. The molecule has 0 saturated carbocycles. The van der Waals surface area contributed by atoms with Crippen molar-refractivity contribution >= 4 is 17.1 Å². The maximum atomic E-state index is 3.51. The van der Waals surface area contributed by atoms with E-state index >= 15 is 0 Å². The van der Waals surface area contributed by atoms with Crippen molar-refractivity contribution in [2.45, 2.75) is 32.1 Å². The van der Waals surface area contributed by atoms with E-state index in [9.17, 15) is 0 Å². The minimum atomic E-state index is 0. The van der Waals surface area contributed by atoms with Crippen LogP contribution in [0.2, 0.25) is 0 Å². The molecular weight excluding hydrogens is 508 g/mol. The Kier molecular flexibility index (Phi) is 4.61. The van der Waals surface area contributed by atoms with Gasteiger partial charge in [0.05, 0.1) is 18.0 Å². The second kappa shape index (κ2) is 6.82. The maximum absolute atomic E-state index is 3.51. The molecule has 0 atom stereocenters. The summed E-state index contributed by atoms with van der Waals surface area (Å²) in [4.78, 5) is 2.38. The number of rotatable bonds is 3. The van der Waals surface area contributed by atoms with Crippen LogP contribution in [0, 0.1) is 0 Å². The van der Waals surface area contributed by atoms with Crippen molar-refractivity contribution < 1.29 is 20.1 Å². The van der Waals surface area contributed by atoms with Crippen LogP contribution >= 0.6 is 0 Å². The molecule has 1 radical (unpaired) electrons. The Morgan fingerprint density at radius 1 is 0.852 bits per heavy atom. The molecule has 1 N–H and O–H groups in total. The summed E-state index contributed by atoms with van der Waals surface area (Å²) in [5.41, 5.74) is 9.71. The smallest absolute Gasteiger partial charge is 0.0926 e. The maximum Gasteiger partial charge on any atom is 0.0926 e. The van der Waals surface area contributed by atoms with Gasteiger partial charge in [-0.15, -0.1) is 0 Å². The Labute approximate surface area is 175 Å². The average Bonchev–Trinajstić information content (AvgIpc) is 3.25. The number of hydrogen-bond acceptors (Lipinski definition) is 2. The monoisotopic (exact) mass is 533 g/mol. The van der Waals surface area contributed by atoms with Gasteiger partial charge >= 0.3 is 0 Å². The zero-order valence-corrected chi connectivity index (χ0v) is 18.1. The molecule has 0 amide bonds. The topological polar surface area (TPSA) is 15.3 Å². The molecule has 1 heterocycles. The van der Waals surface area contributed by atoms with Gasteiger partial charge in [-0.3, -0.25) is 0 Å². The molecule has 2 nitrogen and oxygen atoms in total. The fourth-order valence-corrected chi connectivity index (χ4v) is 4.96. The number of anilines is 3. The van der Waals surface area contributed by atoms with E-state index in [0.29, 0.717) is 0 Å². The van der Waals surface area contributed by atoms with Gasteiger partial charge in [0, 0.05) is 31.2 Å². The van der Waals surface area contributed by atoms with Crippen molar-refractivity contribution in [2.24, 2.45) is 0 Å². The second-order valence-electron chi connectivity index (χ2n) is 7.34. The summed E-state index contributed by atoms with van der Waals surface area (Å²) < 4.78 is 0. The molecule has 1 aliphatic heterocycles. The van der Waals surface area contributed by atoms with Gasteiger partial charge in [0.2, 0.25) is 0 Å². The largest absolute Gasteiger partial charge is 0.366 e. The summed E-state index contributed by atoms with van der Waals surface area (Å²) in [7, 11) is 0. The van der Waals surface area contributed by atoms with Crippen molar-refractivity contribution in [1.82, 2.24) is 0 Å². The van der Waals surface area contributed by atoms with E-state index in [4.69, 9.17) is 0 Å². The van der Waals surface area contributed by atoms with Crippen LogP contribution < -0.4 is 10.2 Å². The Morgan fingerprint density at radius 3 is 2.37 bits per heavy atom. The van der Waals surface area contributed by atoms with Crippen LogP contribution in [-0.4, -0.2) is 6.67 Å². The van der Waals surface area contributed by atoms with Gasteiger partial charge in [0.15, 0.2) is 0 Å². The van der Waals surface area contributed by atoms with Crippen LogP contribution in [0.5, 0.6) is 0 Å². The van der Waals surface area contributed by atoms with Gasteiger partial charge in [-0.25, -0.2) is 0 Å². The van der Waals surface area contributed by atoms with E-state index in [1.165, 1.54) is 39.3 Å². The van der Waals surface area contributed by atoms with Crippen molar-refractivity contribution in [1.29, 1.82) is 0 Å². The molecule has 0 fully saturated rings. The number of fused-ring (bicyclic) bond motifs is 4. The first kappa shape index (κ1) is 18.3. The van der Waals surface area contributed by atoms with E-state index in [0.717, 1.165) is 19.5 Å². The summed E-state index contributed by atoms with van der Waals surface area (Å²) in [6.45, 7) is 5.49. The van der Waals surface area contributed by atoms with Crippen LogP contribution in [0.1, 0.15) is 37.8 Å². The van der Waals surface area contributed by atoms with Crippen molar-refractivity contribution in [3.05, 3.63) is 77.9 Å². The molecule has 0 aromatic heterocycles. The van der Waals surface area contributed by atoms with E-state index in [-0.39, 0.29) is 25.5 Å². The zero-order chi connectivity index (χ0) is 17.7. The molecule has 0 saturated heterocycles. The fraction of sp³-hybridized carbons (Fsp3) is 0.250. The van der Waals surface area contributed by atoms with Crippen molar-refractivity contribution in [3.8, 4) is 11.1 Å². The van der Waals surface area contributed by atoms with Crippen LogP contribution in [0.3, 0.4) is 0 Å². The van der Waals surface area contributed by atoms with Crippen LogP contribution in [0.25, 0.3) is 11.1 Å². The normalized spacial score (nSPS) is 15.4. The summed E-state index contributed by atoms with van der Waals surface area (Å²) in [6.07, 6.45) is 2.26. The predicted molar refractivity (Wildman–Crippen MR) is 110 cm³/mol. The molecule has 0 spiro atoms.